The number of morpholine rings is 1. The lowest BCUT2D eigenvalue weighted by Crippen LogP contribution is -2.36. The zero-order valence-corrected chi connectivity index (χ0v) is 13.6. The summed E-state index contributed by atoms with van der Waals surface area (Å²) in [5, 5.41) is 10.6. The van der Waals surface area contributed by atoms with Crippen LogP contribution < -0.4 is 4.90 Å². The Morgan fingerprint density at radius 3 is 2.68 bits per heavy atom. The first kappa shape index (κ1) is 14.3. The van der Waals surface area contributed by atoms with Crippen LogP contribution in [0.25, 0.3) is 27.6 Å². The van der Waals surface area contributed by atoms with Crippen molar-refractivity contribution in [2.24, 2.45) is 0 Å². The minimum atomic E-state index is 0.600. The standard InChI is InChI=1S/C20H16N4O/c21-13-15-11-14-5-6-16(23-7-9-25-10-8-23)12-19(14)24-18-4-2-1-3-17(18)22-20(15)24/h1-6,11-12H,7-10H2. The largest absolute Gasteiger partial charge is 0.378 e. The molecule has 0 aliphatic carbocycles. The van der Waals surface area contributed by atoms with Gasteiger partial charge in [-0.1, -0.05) is 18.2 Å². The minimum absolute atomic E-state index is 0.600. The number of pyridine rings is 1. The van der Waals surface area contributed by atoms with Crippen LogP contribution >= 0.6 is 0 Å². The average molecular weight is 328 g/mol. The van der Waals surface area contributed by atoms with E-state index in [4.69, 9.17) is 4.74 Å². The monoisotopic (exact) mass is 328 g/mol. The maximum Gasteiger partial charge on any atom is 0.156 e. The van der Waals surface area contributed by atoms with Crippen LogP contribution in [0.15, 0.2) is 48.5 Å². The Morgan fingerprint density at radius 1 is 1.00 bits per heavy atom. The fourth-order valence-corrected chi connectivity index (χ4v) is 3.62. The van der Waals surface area contributed by atoms with Gasteiger partial charge in [0.1, 0.15) is 6.07 Å². The molecule has 1 aliphatic heterocycles. The first-order valence-electron chi connectivity index (χ1n) is 8.42. The van der Waals surface area contributed by atoms with Crippen molar-refractivity contribution in [3.05, 3.63) is 54.1 Å². The highest BCUT2D eigenvalue weighted by Gasteiger charge is 2.15. The topological polar surface area (TPSA) is 53.6 Å². The SMILES string of the molecule is N#Cc1cc2ccc(N3CCOCC3)cc2n2c1nc1ccccc12. The van der Waals surface area contributed by atoms with Crippen LogP contribution in [-0.2, 0) is 4.74 Å². The van der Waals surface area contributed by atoms with E-state index in [0.717, 1.165) is 53.9 Å². The van der Waals surface area contributed by atoms with Crippen LogP contribution in [0.1, 0.15) is 5.56 Å². The van der Waals surface area contributed by atoms with Crippen molar-refractivity contribution < 1.29 is 4.74 Å². The lowest BCUT2D eigenvalue weighted by molar-refractivity contribution is 0.122. The summed E-state index contributed by atoms with van der Waals surface area (Å²) in [4.78, 5) is 7.02. The molecular formula is C20H16N4O. The van der Waals surface area contributed by atoms with Gasteiger partial charge in [-0.2, -0.15) is 5.26 Å². The summed E-state index contributed by atoms with van der Waals surface area (Å²) in [6, 6.07) is 18.7. The second-order valence-electron chi connectivity index (χ2n) is 6.27. The Kier molecular flexibility index (Phi) is 3.12. The van der Waals surface area contributed by atoms with Gasteiger partial charge in [0.25, 0.3) is 0 Å². The van der Waals surface area contributed by atoms with Gasteiger partial charge in [0.15, 0.2) is 5.65 Å². The number of nitrogens with zero attached hydrogens (tertiary/aromatic N) is 4. The summed E-state index contributed by atoms with van der Waals surface area (Å²) in [5.41, 5.74) is 5.51. The molecular weight excluding hydrogens is 312 g/mol. The molecule has 2 aromatic carbocycles. The normalized spacial score (nSPS) is 15.1. The van der Waals surface area contributed by atoms with Crippen LogP contribution in [0.3, 0.4) is 0 Å². The van der Waals surface area contributed by atoms with Gasteiger partial charge in [-0.15, -0.1) is 0 Å². The van der Waals surface area contributed by atoms with Crippen LogP contribution in [0.2, 0.25) is 0 Å². The summed E-state index contributed by atoms with van der Waals surface area (Å²) in [7, 11) is 0. The zero-order chi connectivity index (χ0) is 16.8. The number of hydrogen-bond donors (Lipinski definition) is 0. The van der Waals surface area contributed by atoms with Gasteiger partial charge in [0, 0.05) is 24.2 Å². The van der Waals surface area contributed by atoms with E-state index in [1.165, 1.54) is 5.69 Å². The third-order valence-corrected chi connectivity index (χ3v) is 4.85. The fraction of sp³-hybridized carbons (Fsp3) is 0.200. The predicted molar refractivity (Wildman–Crippen MR) is 98.0 cm³/mol. The highest BCUT2D eigenvalue weighted by Crippen LogP contribution is 2.29. The first-order valence-corrected chi connectivity index (χ1v) is 8.42. The smallest absolute Gasteiger partial charge is 0.156 e. The summed E-state index contributed by atoms with van der Waals surface area (Å²) >= 11 is 0. The molecule has 5 rings (SSSR count). The zero-order valence-electron chi connectivity index (χ0n) is 13.6. The van der Waals surface area contributed by atoms with Crippen LogP contribution in [0.4, 0.5) is 5.69 Å². The average Bonchev–Trinajstić information content (AvgIpc) is 3.07. The van der Waals surface area contributed by atoms with Crippen LogP contribution in [0, 0.1) is 11.3 Å². The van der Waals surface area contributed by atoms with Crippen molar-refractivity contribution in [1.29, 1.82) is 5.26 Å². The molecule has 122 valence electrons. The predicted octanol–water partition coefficient (Wildman–Crippen LogP) is 3.35. The maximum atomic E-state index is 9.55. The van der Waals surface area contributed by atoms with E-state index in [1.54, 1.807) is 0 Å². The molecule has 5 heteroatoms. The van der Waals surface area contributed by atoms with Crippen LogP contribution in [-0.4, -0.2) is 35.7 Å². The molecule has 2 aromatic heterocycles. The molecule has 0 spiro atoms. The number of anilines is 1. The quantitative estimate of drug-likeness (QED) is 0.538. The van der Waals surface area contributed by atoms with Gasteiger partial charge >= 0.3 is 0 Å². The molecule has 0 unspecified atom stereocenters. The molecule has 4 aromatic rings. The number of ether oxygens (including phenoxy) is 1. The van der Waals surface area contributed by atoms with E-state index < -0.39 is 0 Å². The molecule has 25 heavy (non-hydrogen) atoms. The second-order valence-corrected chi connectivity index (χ2v) is 6.27. The lowest BCUT2D eigenvalue weighted by Gasteiger charge is -2.29. The number of benzene rings is 2. The number of rotatable bonds is 1. The summed E-state index contributed by atoms with van der Waals surface area (Å²) in [6.07, 6.45) is 0. The number of imidazole rings is 1. The second kappa shape index (κ2) is 5.47. The van der Waals surface area contributed by atoms with Gasteiger partial charge in [-0.05, 0) is 30.3 Å². The Hall–Kier alpha value is -3.10. The number of aromatic nitrogens is 2. The summed E-state index contributed by atoms with van der Waals surface area (Å²) in [5.74, 6) is 0. The highest BCUT2D eigenvalue weighted by atomic mass is 16.5. The molecule has 1 saturated heterocycles. The van der Waals surface area contributed by atoms with Crippen molar-refractivity contribution in [1.82, 2.24) is 9.38 Å². The Balaban J connectivity index is 1.85. The van der Waals surface area contributed by atoms with Crippen molar-refractivity contribution >= 4 is 33.3 Å². The van der Waals surface area contributed by atoms with Crippen LogP contribution in [0.5, 0.6) is 0 Å². The Labute approximate surface area is 144 Å². The summed E-state index contributed by atoms with van der Waals surface area (Å²) in [6.45, 7) is 3.31. The van der Waals surface area contributed by atoms with Gasteiger partial charge in [-0.25, -0.2) is 4.98 Å². The maximum absolute atomic E-state index is 9.55. The first-order chi connectivity index (χ1) is 12.3. The van der Waals surface area contributed by atoms with E-state index in [2.05, 4.69) is 44.6 Å². The number of hydrogen-bond acceptors (Lipinski definition) is 4. The van der Waals surface area contributed by atoms with Crippen molar-refractivity contribution in [2.45, 2.75) is 0 Å². The molecule has 0 radical (unpaired) electrons. The molecule has 3 heterocycles. The van der Waals surface area contributed by atoms with E-state index in [9.17, 15) is 5.26 Å². The van der Waals surface area contributed by atoms with Gasteiger partial charge in [0.2, 0.25) is 0 Å². The number of para-hydroxylation sites is 2. The van der Waals surface area contributed by atoms with Crippen molar-refractivity contribution in [3.8, 4) is 6.07 Å². The molecule has 1 aliphatic rings. The molecule has 0 saturated carbocycles. The van der Waals surface area contributed by atoms with Gasteiger partial charge < -0.3 is 9.64 Å². The molecule has 0 N–H and O–H groups in total. The van der Waals surface area contributed by atoms with E-state index in [-0.39, 0.29) is 0 Å². The minimum Gasteiger partial charge on any atom is -0.378 e. The number of fused-ring (bicyclic) bond motifs is 5. The van der Waals surface area contributed by atoms with Gasteiger partial charge in [0.05, 0.1) is 35.3 Å². The van der Waals surface area contributed by atoms with E-state index in [1.807, 2.05) is 24.3 Å². The van der Waals surface area contributed by atoms with Crippen molar-refractivity contribution in [2.75, 3.05) is 31.2 Å². The fourth-order valence-electron chi connectivity index (χ4n) is 3.62. The lowest BCUT2D eigenvalue weighted by atomic mass is 10.1. The van der Waals surface area contributed by atoms with E-state index >= 15 is 0 Å². The molecule has 5 nitrogen and oxygen atoms in total. The van der Waals surface area contributed by atoms with E-state index in [0.29, 0.717) is 5.56 Å². The number of nitriles is 1. The Morgan fingerprint density at radius 2 is 1.84 bits per heavy atom. The summed E-state index contributed by atoms with van der Waals surface area (Å²) < 4.78 is 7.57. The van der Waals surface area contributed by atoms with Gasteiger partial charge in [-0.3, -0.25) is 4.40 Å². The van der Waals surface area contributed by atoms with Crippen molar-refractivity contribution in [3.63, 3.8) is 0 Å². The third kappa shape index (κ3) is 2.15. The molecule has 0 atom stereocenters. The molecule has 1 fully saturated rings. The molecule has 0 bridgehead atoms. The highest BCUT2D eigenvalue weighted by molar-refractivity contribution is 5.94. The Bertz CT molecular complexity index is 1150. The molecule has 0 amide bonds. The third-order valence-electron chi connectivity index (χ3n) is 4.85.